The van der Waals surface area contributed by atoms with Gasteiger partial charge in [-0.25, -0.2) is 0 Å². The molecule has 7 heteroatoms. The fourth-order valence-corrected chi connectivity index (χ4v) is 2.10. The third kappa shape index (κ3) is 4.59. The molecule has 2 rings (SSSR count). The lowest BCUT2D eigenvalue weighted by Gasteiger charge is -2.23. The molecule has 1 heterocycles. The fourth-order valence-electron chi connectivity index (χ4n) is 2.10. The smallest absolute Gasteiger partial charge is 0.241 e. The van der Waals surface area contributed by atoms with E-state index in [4.69, 9.17) is 9.47 Å². The Morgan fingerprint density at radius 3 is 2.78 bits per heavy atom. The Morgan fingerprint density at radius 2 is 2.04 bits per heavy atom. The van der Waals surface area contributed by atoms with E-state index in [2.05, 4.69) is 10.6 Å². The van der Waals surface area contributed by atoms with Crippen LogP contribution >= 0.6 is 0 Å². The molecule has 0 radical (unpaired) electrons. The highest BCUT2D eigenvalue weighted by Gasteiger charge is 2.21. The largest absolute Gasteiger partial charge is 0.454 e. The minimum atomic E-state index is -0.437. The van der Waals surface area contributed by atoms with Crippen LogP contribution in [0.3, 0.4) is 0 Å². The number of nitrogens with zero attached hydrogens (tertiary/aromatic N) is 1. The highest BCUT2D eigenvalue weighted by molar-refractivity contribution is 5.95. The molecule has 0 fully saturated rings. The Hall–Kier alpha value is -2.28. The first-order valence-corrected chi connectivity index (χ1v) is 7.68. The Bertz CT molecular complexity index is 576. The Labute approximate surface area is 135 Å². The first kappa shape index (κ1) is 17.1. The zero-order valence-corrected chi connectivity index (χ0v) is 13.7. The molecule has 2 amide bonds. The highest BCUT2D eigenvalue weighted by atomic mass is 16.7. The van der Waals surface area contributed by atoms with Crippen LogP contribution in [0.15, 0.2) is 18.2 Å². The normalized spacial score (nSPS) is 13.7. The van der Waals surface area contributed by atoms with Gasteiger partial charge in [0.05, 0.1) is 12.6 Å². The predicted octanol–water partition coefficient (Wildman–Crippen LogP) is 1.20. The van der Waals surface area contributed by atoms with Crippen molar-refractivity contribution in [1.29, 1.82) is 0 Å². The van der Waals surface area contributed by atoms with Crippen LogP contribution in [-0.2, 0) is 9.59 Å². The van der Waals surface area contributed by atoms with Crippen molar-refractivity contribution >= 4 is 17.5 Å². The summed E-state index contributed by atoms with van der Waals surface area (Å²) in [5.74, 6) is 1.01. The van der Waals surface area contributed by atoms with Gasteiger partial charge in [0.1, 0.15) is 0 Å². The number of ether oxygens (including phenoxy) is 2. The average Bonchev–Trinajstić information content (AvgIpc) is 2.99. The molecule has 1 aromatic carbocycles. The Morgan fingerprint density at radius 1 is 1.30 bits per heavy atom. The minimum absolute atomic E-state index is 0.0860. The Kier molecular flexibility index (Phi) is 5.81. The van der Waals surface area contributed by atoms with Gasteiger partial charge in [-0.05, 0) is 32.5 Å². The first-order chi connectivity index (χ1) is 11.0. The maximum atomic E-state index is 12.3. The van der Waals surface area contributed by atoms with E-state index in [1.165, 1.54) is 0 Å². The van der Waals surface area contributed by atoms with Crippen molar-refractivity contribution in [2.75, 3.05) is 32.2 Å². The van der Waals surface area contributed by atoms with E-state index in [1.54, 1.807) is 37.1 Å². The zero-order chi connectivity index (χ0) is 16.8. The van der Waals surface area contributed by atoms with Crippen molar-refractivity contribution in [2.24, 2.45) is 0 Å². The highest BCUT2D eigenvalue weighted by Crippen LogP contribution is 2.34. The lowest BCUT2D eigenvalue weighted by Crippen LogP contribution is -2.44. The maximum absolute atomic E-state index is 12.3. The van der Waals surface area contributed by atoms with Crippen LogP contribution in [0.5, 0.6) is 11.5 Å². The van der Waals surface area contributed by atoms with Crippen molar-refractivity contribution in [1.82, 2.24) is 10.2 Å². The van der Waals surface area contributed by atoms with E-state index < -0.39 is 6.04 Å². The van der Waals surface area contributed by atoms with Crippen molar-refractivity contribution in [2.45, 2.75) is 26.3 Å². The molecular formula is C16H23N3O4. The summed E-state index contributed by atoms with van der Waals surface area (Å²) >= 11 is 0. The van der Waals surface area contributed by atoms with Crippen LogP contribution in [0, 0.1) is 0 Å². The molecule has 7 nitrogen and oxygen atoms in total. The van der Waals surface area contributed by atoms with Gasteiger partial charge in [0.15, 0.2) is 11.5 Å². The summed E-state index contributed by atoms with van der Waals surface area (Å²) in [5, 5.41) is 5.61. The second-order valence-corrected chi connectivity index (χ2v) is 5.50. The number of carbonyl (C=O) groups is 2. The summed E-state index contributed by atoms with van der Waals surface area (Å²) in [4.78, 5) is 25.7. The molecule has 2 N–H and O–H groups in total. The van der Waals surface area contributed by atoms with Crippen LogP contribution in [-0.4, -0.2) is 49.7 Å². The molecular weight excluding hydrogens is 298 g/mol. The average molecular weight is 321 g/mol. The molecule has 0 unspecified atom stereocenters. The molecule has 0 aliphatic carbocycles. The molecule has 1 aliphatic rings. The summed E-state index contributed by atoms with van der Waals surface area (Å²) in [6.07, 6.45) is 0.885. The lowest BCUT2D eigenvalue weighted by atomic mass is 10.2. The molecule has 0 saturated carbocycles. The van der Waals surface area contributed by atoms with E-state index in [-0.39, 0.29) is 25.2 Å². The van der Waals surface area contributed by atoms with Gasteiger partial charge in [0, 0.05) is 18.3 Å². The van der Waals surface area contributed by atoms with Gasteiger partial charge in [-0.2, -0.15) is 0 Å². The number of fused-ring (bicyclic) bond motifs is 1. The number of likely N-dealkylation sites (N-methyl/N-ethyl adjacent to an activating group) is 1. The molecule has 0 aromatic heterocycles. The quantitative estimate of drug-likeness (QED) is 0.789. The maximum Gasteiger partial charge on any atom is 0.241 e. The van der Waals surface area contributed by atoms with Crippen molar-refractivity contribution in [3.05, 3.63) is 18.2 Å². The molecule has 1 aliphatic heterocycles. The van der Waals surface area contributed by atoms with E-state index in [0.29, 0.717) is 23.7 Å². The number of rotatable bonds is 7. The van der Waals surface area contributed by atoms with Crippen LogP contribution in [0.1, 0.15) is 20.3 Å². The summed E-state index contributed by atoms with van der Waals surface area (Å²) in [6, 6.07) is 4.80. The monoisotopic (exact) mass is 321 g/mol. The second kappa shape index (κ2) is 7.82. The number of amides is 2. The van der Waals surface area contributed by atoms with Gasteiger partial charge >= 0.3 is 0 Å². The van der Waals surface area contributed by atoms with Crippen molar-refractivity contribution in [3.8, 4) is 11.5 Å². The number of carbonyl (C=O) groups excluding carboxylic acids is 2. The zero-order valence-electron chi connectivity index (χ0n) is 13.7. The number of nitrogens with one attached hydrogen (secondary N) is 2. The molecule has 0 spiro atoms. The predicted molar refractivity (Wildman–Crippen MR) is 86.6 cm³/mol. The number of anilines is 1. The van der Waals surface area contributed by atoms with E-state index in [1.807, 2.05) is 6.92 Å². The van der Waals surface area contributed by atoms with Gasteiger partial charge in [0.2, 0.25) is 18.6 Å². The number of benzene rings is 1. The number of hydrogen-bond donors (Lipinski definition) is 2. The van der Waals surface area contributed by atoms with Gasteiger partial charge in [0.25, 0.3) is 0 Å². The van der Waals surface area contributed by atoms with Crippen molar-refractivity contribution < 1.29 is 19.1 Å². The van der Waals surface area contributed by atoms with Gasteiger partial charge in [-0.15, -0.1) is 0 Å². The van der Waals surface area contributed by atoms with E-state index >= 15 is 0 Å². The molecule has 126 valence electrons. The summed E-state index contributed by atoms with van der Waals surface area (Å²) in [7, 11) is 1.75. The Balaban J connectivity index is 1.88. The fraction of sp³-hybridized carbons (Fsp3) is 0.500. The van der Waals surface area contributed by atoms with Gasteiger partial charge in [-0.1, -0.05) is 6.92 Å². The van der Waals surface area contributed by atoms with Crippen LogP contribution in [0.2, 0.25) is 0 Å². The van der Waals surface area contributed by atoms with E-state index in [9.17, 15) is 9.59 Å². The first-order valence-electron chi connectivity index (χ1n) is 7.68. The van der Waals surface area contributed by atoms with Crippen molar-refractivity contribution in [3.63, 3.8) is 0 Å². The molecule has 1 aromatic rings. The third-order valence-corrected chi connectivity index (χ3v) is 3.65. The summed E-state index contributed by atoms with van der Waals surface area (Å²) in [6.45, 7) is 4.76. The molecule has 23 heavy (non-hydrogen) atoms. The van der Waals surface area contributed by atoms with Gasteiger partial charge < -0.3 is 20.1 Å². The second-order valence-electron chi connectivity index (χ2n) is 5.50. The van der Waals surface area contributed by atoms with E-state index in [0.717, 1.165) is 6.42 Å². The standard InChI is InChI=1S/C16H23N3O4/c1-4-7-17-15(20)9-19(3)11(2)16(21)18-12-5-6-13-14(8-12)23-10-22-13/h5-6,8,11H,4,7,9-10H2,1-3H3,(H,17,20)(H,18,21)/t11-/m1/s1. The van der Waals surface area contributed by atoms with Gasteiger partial charge in [-0.3, -0.25) is 14.5 Å². The minimum Gasteiger partial charge on any atom is -0.454 e. The van der Waals surface area contributed by atoms with Crippen LogP contribution in [0.4, 0.5) is 5.69 Å². The topological polar surface area (TPSA) is 79.9 Å². The van der Waals surface area contributed by atoms with Crippen LogP contribution < -0.4 is 20.1 Å². The summed E-state index contributed by atoms with van der Waals surface area (Å²) in [5.41, 5.74) is 0.634. The van der Waals surface area contributed by atoms with Crippen LogP contribution in [0.25, 0.3) is 0 Å². The SMILES string of the molecule is CCCNC(=O)CN(C)[C@H](C)C(=O)Nc1ccc2c(c1)OCO2. The summed E-state index contributed by atoms with van der Waals surface area (Å²) < 4.78 is 10.5. The number of hydrogen-bond acceptors (Lipinski definition) is 5. The molecule has 1 atom stereocenters. The molecule has 0 bridgehead atoms. The third-order valence-electron chi connectivity index (χ3n) is 3.65. The lowest BCUT2D eigenvalue weighted by molar-refractivity contribution is -0.124. The molecule has 0 saturated heterocycles.